The number of anilines is 1. The van der Waals surface area contributed by atoms with E-state index >= 15 is 0 Å². The van der Waals surface area contributed by atoms with Crippen LogP contribution >= 0.6 is 12.2 Å². The Bertz CT molecular complexity index is 702. The van der Waals surface area contributed by atoms with E-state index in [2.05, 4.69) is 23.1 Å². The molecular formula is C18H21N3O2S. The maximum absolute atomic E-state index is 11.8. The lowest BCUT2D eigenvalue weighted by molar-refractivity contribution is -0.123. The summed E-state index contributed by atoms with van der Waals surface area (Å²) in [6.45, 7) is 3.93. The molecule has 126 valence electrons. The molecule has 2 rings (SSSR count). The van der Waals surface area contributed by atoms with Crippen molar-refractivity contribution in [3.05, 3.63) is 59.7 Å². The quantitative estimate of drug-likeness (QED) is 0.575. The second kappa shape index (κ2) is 8.88. The first-order valence-electron chi connectivity index (χ1n) is 7.71. The highest BCUT2D eigenvalue weighted by molar-refractivity contribution is 7.80. The predicted molar refractivity (Wildman–Crippen MR) is 100.0 cm³/mol. The Morgan fingerprint density at radius 1 is 1.08 bits per heavy atom. The predicted octanol–water partition coefficient (Wildman–Crippen LogP) is 2.95. The molecule has 0 unspecified atom stereocenters. The number of carbonyl (C=O) groups is 1. The van der Waals surface area contributed by atoms with Crippen LogP contribution in [0.3, 0.4) is 0 Å². The molecule has 0 spiro atoms. The average Bonchev–Trinajstić information content (AvgIpc) is 2.60. The number of thiocarbonyl (C=S) groups is 1. The largest absolute Gasteiger partial charge is 0.483 e. The molecule has 0 aliphatic heterocycles. The van der Waals surface area contributed by atoms with Crippen molar-refractivity contribution in [3.63, 3.8) is 0 Å². The van der Waals surface area contributed by atoms with Gasteiger partial charge in [0.2, 0.25) is 0 Å². The van der Waals surface area contributed by atoms with Crippen molar-refractivity contribution in [2.45, 2.75) is 20.3 Å². The Kier molecular flexibility index (Phi) is 6.57. The van der Waals surface area contributed by atoms with Gasteiger partial charge in [0.1, 0.15) is 5.75 Å². The van der Waals surface area contributed by atoms with Crippen molar-refractivity contribution >= 4 is 28.9 Å². The summed E-state index contributed by atoms with van der Waals surface area (Å²) in [6.07, 6.45) is 0.986. The molecule has 0 aliphatic carbocycles. The molecule has 2 aromatic carbocycles. The molecule has 0 saturated carbocycles. The summed E-state index contributed by atoms with van der Waals surface area (Å²) in [5.41, 5.74) is 8.23. The number of rotatable bonds is 5. The summed E-state index contributed by atoms with van der Waals surface area (Å²) in [4.78, 5) is 11.8. The summed E-state index contributed by atoms with van der Waals surface area (Å²) in [7, 11) is 0. The summed E-state index contributed by atoms with van der Waals surface area (Å²) in [5.74, 6) is 0.369. The Hall–Kier alpha value is -2.60. The van der Waals surface area contributed by atoms with Crippen LogP contribution in [0.2, 0.25) is 0 Å². The van der Waals surface area contributed by atoms with Crippen molar-refractivity contribution in [1.82, 2.24) is 10.9 Å². The number of aryl methyl sites for hydroxylation is 2. The lowest BCUT2D eigenvalue weighted by Crippen LogP contribution is -2.45. The van der Waals surface area contributed by atoms with E-state index in [1.807, 2.05) is 55.5 Å². The number of ether oxygens (including phenoxy) is 1. The monoisotopic (exact) mass is 343 g/mol. The number of carbonyl (C=O) groups excluding carboxylic acids is 1. The van der Waals surface area contributed by atoms with Gasteiger partial charge in [-0.25, -0.2) is 0 Å². The van der Waals surface area contributed by atoms with Crippen LogP contribution in [0.1, 0.15) is 18.1 Å². The van der Waals surface area contributed by atoms with E-state index in [0.717, 1.165) is 17.7 Å². The summed E-state index contributed by atoms with van der Waals surface area (Å²) in [6, 6.07) is 15.5. The normalized spacial score (nSPS) is 9.92. The summed E-state index contributed by atoms with van der Waals surface area (Å²) < 4.78 is 5.46. The first kappa shape index (κ1) is 17.7. The van der Waals surface area contributed by atoms with Crippen LogP contribution in [0, 0.1) is 6.92 Å². The number of hydrogen-bond acceptors (Lipinski definition) is 3. The zero-order valence-corrected chi connectivity index (χ0v) is 14.6. The molecule has 0 aliphatic rings. The molecule has 0 saturated heterocycles. The smallest absolute Gasteiger partial charge is 0.276 e. The molecule has 5 nitrogen and oxygen atoms in total. The minimum absolute atomic E-state index is 0.0916. The second-order valence-corrected chi connectivity index (χ2v) is 5.64. The van der Waals surface area contributed by atoms with E-state index in [-0.39, 0.29) is 12.5 Å². The molecule has 0 atom stereocenters. The number of nitrogens with one attached hydrogen (secondary N) is 3. The van der Waals surface area contributed by atoms with Gasteiger partial charge in [0.15, 0.2) is 11.7 Å². The maximum Gasteiger partial charge on any atom is 0.276 e. The van der Waals surface area contributed by atoms with Crippen molar-refractivity contribution in [2.24, 2.45) is 0 Å². The van der Waals surface area contributed by atoms with E-state index in [1.54, 1.807) is 0 Å². The highest BCUT2D eigenvalue weighted by Crippen LogP contribution is 2.15. The van der Waals surface area contributed by atoms with E-state index in [1.165, 1.54) is 5.56 Å². The van der Waals surface area contributed by atoms with Crippen LogP contribution in [0.25, 0.3) is 0 Å². The van der Waals surface area contributed by atoms with Gasteiger partial charge >= 0.3 is 0 Å². The van der Waals surface area contributed by atoms with Crippen LogP contribution < -0.4 is 20.9 Å². The number of hydrazine groups is 1. The molecule has 0 radical (unpaired) electrons. The van der Waals surface area contributed by atoms with Gasteiger partial charge in [0, 0.05) is 5.69 Å². The topological polar surface area (TPSA) is 62.4 Å². The molecule has 0 heterocycles. The van der Waals surface area contributed by atoms with E-state index in [4.69, 9.17) is 17.0 Å². The Morgan fingerprint density at radius 2 is 1.79 bits per heavy atom. The zero-order chi connectivity index (χ0) is 17.4. The number of benzene rings is 2. The minimum Gasteiger partial charge on any atom is -0.483 e. The van der Waals surface area contributed by atoms with Gasteiger partial charge in [0.05, 0.1) is 0 Å². The Morgan fingerprint density at radius 3 is 2.46 bits per heavy atom. The van der Waals surface area contributed by atoms with Gasteiger partial charge in [-0.05, 0) is 54.9 Å². The third kappa shape index (κ3) is 5.55. The molecule has 6 heteroatoms. The standard InChI is InChI=1S/C18H21N3O2S/c1-3-14-8-10-15(11-9-14)19-18(24)21-20-17(22)12-23-16-7-5-4-6-13(16)2/h4-11H,3,12H2,1-2H3,(H,20,22)(H2,19,21,24). The molecule has 1 amide bonds. The van der Waals surface area contributed by atoms with Gasteiger partial charge < -0.3 is 10.1 Å². The summed E-state index contributed by atoms with van der Waals surface area (Å²) >= 11 is 5.14. The third-order valence-electron chi connectivity index (χ3n) is 3.39. The zero-order valence-electron chi connectivity index (χ0n) is 13.8. The van der Waals surface area contributed by atoms with Gasteiger partial charge in [-0.2, -0.15) is 0 Å². The Labute approximate surface area is 147 Å². The fourth-order valence-electron chi connectivity index (χ4n) is 2.01. The van der Waals surface area contributed by atoms with Crippen LogP contribution in [0.4, 0.5) is 5.69 Å². The molecular weight excluding hydrogens is 322 g/mol. The van der Waals surface area contributed by atoms with Gasteiger partial charge in [-0.3, -0.25) is 15.6 Å². The lowest BCUT2D eigenvalue weighted by atomic mass is 10.1. The minimum atomic E-state index is -0.316. The molecule has 0 bridgehead atoms. The fraction of sp³-hybridized carbons (Fsp3) is 0.222. The molecule has 2 aromatic rings. The lowest BCUT2D eigenvalue weighted by Gasteiger charge is -2.13. The van der Waals surface area contributed by atoms with Crippen molar-refractivity contribution < 1.29 is 9.53 Å². The van der Waals surface area contributed by atoms with Crippen molar-refractivity contribution in [1.29, 1.82) is 0 Å². The third-order valence-corrected chi connectivity index (χ3v) is 3.59. The van der Waals surface area contributed by atoms with Crippen LogP contribution in [0.5, 0.6) is 5.75 Å². The average molecular weight is 343 g/mol. The van der Waals surface area contributed by atoms with E-state index in [0.29, 0.717) is 10.9 Å². The van der Waals surface area contributed by atoms with Crippen LogP contribution in [-0.2, 0) is 11.2 Å². The Balaban J connectivity index is 1.72. The van der Waals surface area contributed by atoms with Gasteiger partial charge in [0.25, 0.3) is 5.91 Å². The molecule has 0 aromatic heterocycles. The first-order valence-corrected chi connectivity index (χ1v) is 8.12. The SMILES string of the molecule is CCc1ccc(NC(=S)NNC(=O)COc2ccccc2C)cc1. The highest BCUT2D eigenvalue weighted by Gasteiger charge is 2.05. The van der Waals surface area contributed by atoms with E-state index < -0.39 is 0 Å². The van der Waals surface area contributed by atoms with E-state index in [9.17, 15) is 4.79 Å². The molecule has 0 fully saturated rings. The number of amides is 1. The first-order chi connectivity index (χ1) is 11.6. The van der Waals surface area contributed by atoms with Crippen LogP contribution in [0.15, 0.2) is 48.5 Å². The van der Waals surface area contributed by atoms with Crippen molar-refractivity contribution in [2.75, 3.05) is 11.9 Å². The second-order valence-electron chi connectivity index (χ2n) is 5.23. The fourth-order valence-corrected chi connectivity index (χ4v) is 2.18. The number of hydrogen-bond donors (Lipinski definition) is 3. The van der Waals surface area contributed by atoms with Gasteiger partial charge in [-0.15, -0.1) is 0 Å². The molecule has 3 N–H and O–H groups in total. The number of para-hydroxylation sites is 1. The van der Waals surface area contributed by atoms with Gasteiger partial charge in [-0.1, -0.05) is 37.3 Å². The molecule has 24 heavy (non-hydrogen) atoms. The summed E-state index contributed by atoms with van der Waals surface area (Å²) in [5, 5.41) is 3.31. The maximum atomic E-state index is 11.8. The van der Waals surface area contributed by atoms with Crippen LogP contribution in [-0.4, -0.2) is 17.6 Å². The van der Waals surface area contributed by atoms with Crippen molar-refractivity contribution in [3.8, 4) is 5.75 Å². The highest BCUT2D eigenvalue weighted by atomic mass is 32.1.